The predicted octanol–water partition coefficient (Wildman–Crippen LogP) is 6.08. The second-order valence-electron chi connectivity index (χ2n) is 7.88. The van der Waals surface area contributed by atoms with E-state index in [-0.39, 0.29) is 12.2 Å². The zero-order chi connectivity index (χ0) is 27.3. The average Bonchev–Trinajstić information content (AvgIpc) is 3.18. The summed E-state index contributed by atoms with van der Waals surface area (Å²) < 4.78 is 34.5. The first-order valence-electron chi connectivity index (χ1n) is 12.4. The number of aliphatic carboxylic acids is 1. The zero-order valence-corrected chi connectivity index (χ0v) is 22.1. The van der Waals surface area contributed by atoms with E-state index in [9.17, 15) is 18.4 Å². The van der Waals surface area contributed by atoms with E-state index in [1.165, 1.54) is 18.6 Å². The Balaban J connectivity index is 0.000000356. The smallest absolute Gasteiger partial charge is 0.344 e. The molecule has 0 aliphatic rings. The molecule has 1 unspecified atom stereocenters. The fraction of sp³-hybridized carbons (Fsp3) is 0.429. The molecule has 0 saturated carbocycles. The van der Waals surface area contributed by atoms with Gasteiger partial charge in [-0.1, -0.05) is 52.8 Å². The van der Waals surface area contributed by atoms with Crippen LogP contribution in [0.25, 0.3) is 0 Å². The van der Waals surface area contributed by atoms with E-state index in [0.29, 0.717) is 17.9 Å². The molecule has 1 N–H and O–H groups in total. The molecule has 1 atom stereocenters. The standard InChI is InChI=1S/C15H18F2N2O.C11H14O3.C2H6/c1-3-7-19-12(4-2)10-18(15(19)20)9-11-5-6-13(16)14(17)8-11;1-3-9-4-6-10(7-5-9)14-8(2)11(12)13;1-2/h5-6,8,10H,3-4,7,9H2,1-2H3;4-8H,3H2,1-2H3,(H,12,13);1-2H3. The highest BCUT2D eigenvalue weighted by atomic mass is 19.2. The molecule has 0 amide bonds. The molecule has 6 nitrogen and oxygen atoms in total. The molecule has 2 aromatic carbocycles. The second kappa shape index (κ2) is 15.5. The van der Waals surface area contributed by atoms with E-state index < -0.39 is 23.7 Å². The third kappa shape index (κ3) is 8.98. The number of aryl methyl sites for hydroxylation is 2. The summed E-state index contributed by atoms with van der Waals surface area (Å²) in [4.78, 5) is 22.8. The Morgan fingerprint density at radius 1 is 0.972 bits per heavy atom. The summed E-state index contributed by atoms with van der Waals surface area (Å²) in [5, 5.41) is 8.62. The van der Waals surface area contributed by atoms with Gasteiger partial charge >= 0.3 is 11.7 Å². The Bertz CT molecular complexity index is 1140. The normalized spacial score (nSPS) is 11.0. The van der Waals surface area contributed by atoms with Crippen molar-refractivity contribution in [1.29, 1.82) is 0 Å². The summed E-state index contributed by atoms with van der Waals surface area (Å²) >= 11 is 0. The minimum Gasteiger partial charge on any atom is -0.479 e. The first-order chi connectivity index (χ1) is 17.2. The molecule has 3 rings (SSSR count). The van der Waals surface area contributed by atoms with Gasteiger partial charge in [-0.05, 0) is 61.6 Å². The maximum atomic E-state index is 13.2. The largest absolute Gasteiger partial charge is 0.479 e. The highest BCUT2D eigenvalue weighted by Crippen LogP contribution is 2.14. The van der Waals surface area contributed by atoms with Crippen molar-refractivity contribution in [2.75, 3.05) is 0 Å². The summed E-state index contributed by atoms with van der Waals surface area (Å²) in [6.45, 7) is 12.5. The van der Waals surface area contributed by atoms with Gasteiger partial charge in [0.15, 0.2) is 17.7 Å². The van der Waals surface area contributed by atoms with Crippen molar-refractivity contribution in [1.82, 2.24) is 9.13 Å². The third-order valence-electron chi connectivity index (χ3n) is 5.27. The number of rotatable bonds is 9. The van der Waals surface area contributed by atoms with Crippen LogP contribution in [-0.2, 0) is 30.7 Å². The van der Waals surface area contributed by atoms with Gasteiger partial charge in [0.05, 0.1) is 6.54 Å². The quantitative estimate of drug-likeness (QED) is 0.384. The Hall–Kier alpha value is -3.42. The first-order valence-corrected chi connectivity index (χ1v) is 12.4. The SMILES string of the molecule is CC.CCCn1c(CC)cn(Cc2ccc(F)c(F)c2)c1=O.CCc1ccc(OC(C)C(=O)O)cc1. The molecule has 0 bridgehead atoms. The first kappa shape index (κ1) is 30.6. The van der Waals surface area contributed by atoms with E-state index in [1.54, 1.807) is 27.5 Å². The summed E-state index contributed by atoms with van der Waals surface area (Å²) in [5.74, 6) is -2.13. The second-order valence-corrected chi connectivity index (χ2v) is 7.88. The fourth-order valence-electron chi connectivity index (χ4n) is 3.33. The molecule has 0 saturated heterocycles. The number of imidazole rings is 1. The van der Waals surface area contributed by atoms with Gasteiger partial charge in [-0.3, -0.25) is 9.13 Å². The van der Waals surface area contributed by atoms with Crippen LogP contribution >= 0.6 is 0 Å². The van der Waals surface area contributed by atoms with Crippen LogP contribution in [-0.4, -0.2) is 26.3 Å². The summed E-state index contributed by atoms with van der Waals surface area (Å²) in [6, 6.07) is 11.2. The lowest BCUT2D eigenvalue weighted by Crippen LogP contribution is -2.25. The highest BCUT2D eigenvalue weighted by Gasteiger charge is 2.12. The van der Waals surface area contributed by atoms with Gasteiger partial charge in [-0.25, -0.2) is 18.4 Å². The van der Waals surface area contributed by atoms with Crippen molar-refractivity contribution in [3.8, 4) is 5.75 Å². The molecule has 0 fully saturated rings. The number of carboxylic acid groups (broad SMARTS) is 1. The number of aromatic nitrogens is 2. The summed E-state index contributed by atoms with van der Waals surface area (Å²) in [6.07, 6.45) is 3.60. The molecule has 0 radical (unpaired) electrons. The monoisotopic (exact) mass is 504 g/mol. The Labute approximate surface area is 212 Å². The number of ether oxygens (including phenoxy) is 1. The molecular formula is C28H38F2N2O4. The van der Waals surface area contributed by atoms with E-state index in [4.69, 9.17) is 9.84 Å². The van der Waals surface area contributed by atoms with Crippen LogP contribution in [0.3, 0.4) is 0 Å². The van der Waals surface area contributed by atoms with E-state index in [1.807, 2.05) is 39.8 Å². The lowest BCUT2D eigenvalue weighted by atomic mass is 10.2. The molecule has 36 heavy (non-hydrogen) atoms. The van der Waals surface area contributed by atoms with Gasteiger partial charge in [0, 0.05) is 18.4 Å². The predicted molar refractivity (Wildman–Crippen MR) is 139 cm³/mol. The van der Waals surface area contributed by atoms with Gasteiger partial charge in [0.2, 0.25) is 0 Å². The fourth-order valence-corrected chi connectivity index (χ4v) is 3.33. The van der Waals surface area contributed by atoms with Crippen molar-refractivity contribution in [3.05, 3.63) is 87.6 Å². The molecule has 3 aromatic rings. The van der Waals surface area contributed by atoms with Gasteiger partial charge < -0.3 is 9.84 Å². The number of hydrogen-bond donors (Lipinski definition) is 1. The third-order valence-corrected chi connectivity index (χ3v) is 5.27. The Kier molecular flexibility index (Phi) is 13.2. The molecule has 198 valence electrons. The van der Waals surface area contributed by atoms with Crippen LogP contribution in [0.1, 0.15) is 64.8 Å². The van der Waals surface area contributed by atoms with Gasteiger partial charge in [-0.15, -0.1) is 0 Å². The minimum absolute atomic E-state index is 0.103. The van der Waals surface area contributed by atoms with Crippen LogP contribution in [0, 0.1) is 11.6 Å². The molecular weight excluding hydrogens is 466 g/mol. The topological polar surface area (TPSA) is 73.5 Å². The Morgan fingerprint density at radius 3 is 2.08 bits per heavy atom. The van der Waals surface area contributed by atoms with Crippen molar-refractivity contribution >= 4 is 5.97 Å². The number of hydrogen-bond acceptors (Lipinski definition) is 3. The van der Waals surface area contributed by atoms with Crippen LogP contribution in [0.4, 0.5) is 8.78 Å². The number of nitrogens with zero attached hydrogens (tertiary/aromatic N) is 2. The van der Waals surface area contributed by atoms with Gasteiger partial charge in [0.25, 0.3) is 0 Å². The average molecular weight is 505 g/mol. The van der Waals surface area contributed by atoms with Crippen molar-refractivity contribution in [2.24, 2.45) is 0 Å². The Morgan fingerprint density at radius 2 is 1.58 bits per heavy atom. The molecule has 8 heteroatoms. The zero-order valence-electron chi connectivity index (χ0n) is 22.1. The minimum atomic E-state index is -0.954. The van der Waals surface area contributed by atoms with Crippen LogP contribution < -0.4 is 10.4 Å². The van der Waals surface area contributed by atoms with Gasteiger partial charge in [0.1, 0.15) is 5.75 Å². The van der Waals surface area contributed by atoms with Crippen molar-refractivity contribution in [3.63, 3.8) is 0 Å². The van der Waals surface area contributed by atoms with Crippen LogP contribution in [0.2, 0.25) is 0 Å². The van der Waals surface area contributed by atoms with E-state index >= 15 is 0 Å². The van der Waals surface area contributed by atoms with Crippen molar-refractivity contribution < 1.29 is 23.4 Å². The van der Waals surface area contributed by atoms with Gasteiger partial charge in [-0.2, -0.15) is 0 Å². The molecule has 0 aliphatic carbocycles. The number of halogens is 2. The van der Waals surface area contributed by atoms with E-state index in [2.05, 4.69) is 6.92 Å². The lowest BCUT2D eigenvalue weighted by Gasteiger charge is -2.10. The summed E-state index contributed by atoms with van der Waals surface area (Å²) in [5.41, 5.74) is 2.63. The maximum absolute atomic E-state index is 13.2. The molecule has 0 spiro atoms. The van der Waals surface area contributed by atoms with E-state index in [0.717, 1.165) is 37.1 Å². The highest BCUT2D eigenvalue weighted by molar-refractivity contribution is 5.72. The molecule has 0 aliphatic heterocycles. The summed E-state index contributed by atoms with van der Waals surface area (Å²) in [7, 11) is 0. The number of benzene rings is 2. The molecule has 1 heterocycles. The maximum Gasteiger partial charge on any atom is 0.344 e. The van der Waals surface area contributed by atoms with Crippen LogP contribution in [0.5, 0.6) is 5.75 Å². The van der Waals surface area contributed by atoms with Crippen LogP contribution in [0.15, 0.2) is 53.5 Å². The number of carbonyl (C=O) groups is 1. The number of carboxylic acids is 1. The molecule has 1 aromatic heterocycles. The van der Waals surface area contributed by atoms with Crippen molar-refractivity contribution in [2.45, 2.75) is 80.0 Å². The lowest BCUT2D eigenvalue weighted by molar-refractivity contribution is -0.144.